The highest BCUT2D eigenvalue weighted by atomic mass is 35.5. The third-order valence-corrected chi connectivity index (χ3v) is 7.38. The summed E-state index contributed by atoms with van der Waals surface area (Å²) >= 11 is 6.55. The molecule has 1 amide bonds. The Kier molecular flexibility index (Phi) is 6.80. The van der Waals surface area contributed by atoms with Gasteiger partial charge in [0, 0.05) is 37.7 Å². The summed E-state index contributed by atoms with van der Waals surface area (Å²) in [5.74, 6) is -3.00. The lowest BCUT2D eigenvalue weighted by molar-refractivity contribution is 0.0823. The van der Waals surface area contributed by atoms with E-state index in [-0.39, 0.29) is 39.4 Å². The second kappa shape index (κ2) is 9.96. The zero-order chi connectivity index (χ0) is 28.2. The van der Waals surface area contributed by atoms with E-state index >= 15 is 8.78 Å². The van der Waals surface area contributed by atoms with Crippen molar-refractivity contribution >= 4 is 17.5 Å². The van der Waals surface area contributed by atoms with Gasteiger partial charge in [0.1, 0.15) is 22.4 Å². The second-order valence-corrected chi connectivity index (χ2v) is 10.3. The van der Waals surface area contributed by atoms with Crippen LogP contribution in [0.3, 0.4) is 0 Å². The fraction of sp³-hybridized carbons (Fsp3) is 0.241. The highest BCUT2D eigenvalue weighted by molar-refractivity contribution is 6.31. The number of halogens is 4. The predicted octanol–water partition coefficient (Wildman–Crippen LogP) is 5.95. The third-order valence-electron chi connectivity index (χ3n) is 7.00. The number of aryl methyl sites for hydroxylation is 2. The average molecular weight is 553 g/mol. The van der Waals surface area contributed by atoms with E-state index in [4.69, 9.17) is 11.6 Å². The molecule has 0 radical (unpaired) electrons. The van der Waals surface area contributed by atoms with Gasteiger partial charge >= 0.3 is 0 Å². The minimum absolute atomic E-state index is 0.0357. The van der Waals surface area contributed by atoms with E-state index < -0.39 is 28.9 Å². The monoisotopic (exact) mass is 552 g/mol. The quantitative estimate of drug-likeness (QED) is 0.307. The molecule has 1 aliphatic rings. The topological polar surface area (TPSA) is 68.1 Å². The van der Waals surface area contributed by atoms with Crippen molar-refractivity contribution in [2.45, 2.75) is 32.1 Å². The third kappa shape index (κ3) is 4.61. The van der Waals surface area contributed by atoms with Crippen LogP contribution in [0.2, 0.25) is 5.02 Å². The molecular formula is C29H24ClF3N4O2. The molecule has 0 bridgehead atoms. The molecule has 200 valence electrons. The van der Waals surface area contributed by atoms with Crippen LogP contribution in [0.1, 0.15) is 51.0 Å². The molecule has 3 aromatic heterocycles. The fourth-order valence-corrected chi connectivity index (χ4v) is 5.25. The number of pyridine rings is 3. The smallest absolute Gasteiger partial charge is 0.274 e. The Labute approximate surface area is 227 Å². The number of rotatable bonds is 5. The predicted molar refractivity (Wildman–Crippen MR) is 142 cm³/mol. The molecule has 4 aromatic rings. The Morgan fingerprint density at radius 2 is 1.79 bits per heavy atom. The van der Waals surface area contributed by atoms with Crippen molar-refractivity contribution in [1.82, 2.24) is 19.4 Å². The molecule has 3 heterocycles. The molecule has 5 rings (SSSR count). The average Bonchev–Trinajstić information content (AvgIpc) is 3.69. The van der Waals surface area contributed by atoms with Gasteiger partial charge in [0.05, 0.1) is 17.4 Å². The Morgan fingerprint density at radius 3 is 2.49 bits per heavy atom. The molecule has 6 nitrogen and oxygen atoms in total. The number of benzene rings is 1. The lowest BCUT2D eigenvalue weighted by Gasteiger charge is -2.18. The standard InChI is InChI=1S/C29H24ClF3N4O2/c1-14-11-35-26(18-6-5-7-19(24(18)32)28(38)36(3)4)25(33)27(14)37-15(2)8-22(23(30)29(37)39)21-10-20(21)16-9-17(31)13-34-12-16/h5-9,11-13,20-21H,10H2,1-4H3/t20-,21+/m1/s1. The number of carbonyl (C=O) groups excluding carboxylic acids is 1. The van der Waals surface area contributed by atoms with Crippen molar-refractivity contribution in [2.24, 2.45) is 0 Å². The first-order valence-corrected chi connectivity index (χ1v) is 12.6. The van der Waals surface area contributed by atoms with Crippen LogP contribution in [0, 0.1) is 31.3 Å². The van der Waals surface area contributed by atoms with Crippen molar-refractivity contribution in [2.75, 3.05) is 14.1 Å². The van der Waals surface area contributed by atoms with E-state index in [0.717, 1.165) is 16.3 Å². The number of hydrogen-bond donors (Lipinski definition) is 0. The minimum atomic E-state index is -0.924. The Balaban J connectivity index is 1.60. The van der Waals surface area contributed by atoms with Crippen LogP contribution >= 0.6 is 11.6 Å². The molecule has 1 saturated carbocycles. The van der Waals surface area contributed by atoms with E-state index in [9.17, 15) is 14.0 Å². The van der Waals surface area contributed by atoms with Crippen LogP contribution in [0.25, 0.3) is 16.9 Å². The number of amides is 1. The Bertz CT molecular complexity index is 1700. The first-order valence-electron chi connectivity index (χ1n) is 12.2. The lowest BCUT2D eigenvalue weighted by atomic mass is 10.0. The molecule has 10 heteroatoms. The van der Waals surface area contributed by atoms with E-state index in [1.165, 1.54) is 49.5 Å². The molecular weight excluding hydrogens is 529 g/mol. The molecule has 0 saturated heterocycles. The van der Waals surface area contributed by atoms with Gasteiger partial charge in [-0.2, -0.15) is 0 Å². The van der Waals surface area contributed by atoms with Crippen LogP contribution in [-0.4, -0.2) is 39.4 Å². The summed E-state index contributed by atoms with van der Waals surface area (Å²) in [6, 6.07) is 7.21. The highest BCUT2D eigenvalue weighted by Gasteiger charge is 2.42. The summed E-state index contributed by atoms with van der Waals surface area (Å²) in [5.41, 5.74) is 0.544. The maximum atomic E-state index is 16.1. The van der Waals surface area contributed by atoms with Crippen LogP contribution in [-0.2, 0) is 0 Å². The zero-order valence-corrected chi connectivity index (χ0v) is 22.4. The number of nitrogens with zero attached hydrogens (tertiary/aromatic N) is 4. The molecule has 1 aromatic carbocycles. The van der Waals surface area contributed by atoms with Crippen LogP contribution < -0.4 is 5.56 Å². The SMILES string of the molecule is Cc1cnc(-c2cccc(C(=O)N(C)C)c2F)c(F)c1-n1c(C)cc([C@H]2C[C@@H]2c2cncc(F)c2)c(Cl)c1=O. The zero-order valence-electron chi connectivity index (χ0n) is 21.6. The van der Waals surface area contributed by atoms with E-state index in [0.29, 0.717) is 23.2 Å². The summed E-state index contributed by atoms with van der Waals surface area (Å²) in [6.07, 6.45) is 4.73. The maximum Gasteiger partial charge on any atom is 0.274 e. The van der Waals surface area contributed by atoms with Crippen molar-refractivity contribution in [3.63, 3.8) is 0 Å². The number of aromatic nitrogens is 3. The number of hydrogen-bond acceptors (Lipinski definition) is 4. The molecule has 0 spiro atoms. The summed E-state index contributed by atoms with van der Waals surface area (Å²) < 4.78 is 46.3. The Morgan fingerprint density at radius 1 is 1.05 bits per heavy atom. The largest absolute Gasteiger partial charge is 0.345 e. The summed E-state index contributed by atoms with van der Waals surface area (Å²) in [4.78, 5) is 35.2. The van der Waals surface area contributed by atoms with Crippen molar-refractivity contribution in [3.8, 4) is 16.9 Å². The van der Waals surface area contributed by atoms with E-state index in [1.54, 1.807) is 26.1 Å². The summed E-state index contributed by atoms with van der Waals surface area (Å²) in [6.45, 7) is 3.23. The van der Waals surface area contributed by atoms with Gasteiger partial charge in [-0.05, 0) is 73.1 Å². The fourth-order valence-electron chi connectivity index (χ4n) is 4.97. The van der Waals surface area contributed by atoms with Crippen LogP contribution in [0.5, 0.6) is 0 Å². The summed E-state index contributed by atoms with van der Waals surface area (Å²) in [7, 11) is 2.97. The van der Waals surface area contributed by atoms with E-state index in [1.807, 2.05) is 0 Å². The molecule has 2 atom stereocenters. The molecule has 0 unspecified atom stereocenters. The van der Waals surface area contributed by atoms with Gasteiger partial charge < -0.3 is 4.90 Å². The first kappa shape index (κ1) is 26.6. The highest BCUT2D eigenvalue weighted by Crippen LogP contribution is 2.55. The van der Waals surface area contributed by atoms with Crippen molar-refractivity contribution < 1.29 is 18.0 Å². The molecule has 39 heavy (non-hydrogen) atoms. The van der Waals surface area contributed by atoms with Gasteiger partial charge in [-0.1, -0.05) is 17.7 Å². The van der Waals surface area contributed by atoms with Crippen LogP contribution in [0.4, 0.5) is 13.2 Å². The van der Waals surface area contributed by atoms with Gasteiger partial charge in [-0.25, -0.2) is 13.2 Å². The molecule has 0 N–H and O–H groups in total. The van der Waals surface area contributed by atoms with E-state index in [2.05, 4.69) is 9.97 Å². The normalized spacial score (nSPS) is 16.3. The second-order valence-electron chi connectivity index (χ2n) is 9.90. The van der Waals surface area contributed by atoms with Gasteiger partial charge in [-0.3, -0.25) is 24.1 Å². The maximum absolute atomic E-state index is 16.1. The van der Waals surface area contributed by atoms with Gasteiger partial charge in [0.25, 0.3) is 11.5 Å². The molecule has 0 aliphatic heterocycles. The Hall–Kier alpha value is -3.98. The van der Waals surface area contributed by atoms with Crippen molar-refractivity contribution in [3.05, 3.63) is 110 Å². The summed E-state index contributed by atoms with van der Waals surface area (Å²) in [5, 5.41) is -0.0700. The van der Waals surface area contributed by atoms with Gasteiger partial charge in [0.2, 0.25) is 0 Å². The lowest BCUT2D eigenvalue weighted by Crippen LogP contribution is -2.25. The van der Waals surface area contributed by atoms with Gasteiger partial charge in [0.15, 0.2) is 5.82 Å². The molecule has 1 aliphatic carbocycles. The number of carbonyl (C=O) groups is 1. The van der Waals surface area contributed by atoms with Gasteiger partial charge in [-0.15, -0.1) is 0 Å². The molecule has 1 fully saturated rings. The minimum Gasteiger partial charge on any atom is -0.345 e. The first-order chi connectivity index (χ1) is 18.5. The van der Waals surface area contributed by atoms with Crippen LogP contribution in [0.15, 0.2) is 53.7 Å². The van der Waals surface area contributed by atoms with Crippen molar-refractivity contribution in [1.29, 1.82) is 0 Å².